The first-order chi connectivity index (χ1) is 14.6. The topological polar surface area (TPSA) is 60.4 Å². The molecule has 0 N–H and O–H groups in total. The lowest BCUT2D eigenvalue weighted by molar-refractivity contribution is -0.131. The van der Waals surface area contributed by atoms with E-state index in [1.165, 1.54) is 5.57 Å². The first kappa shape index (κ1) is 21.4. The van der Waals surface area contributed by atoms with E-state index in [9.17, 15) is 13.2 Å². The van der Waals surface area contributed by atoms with Crippen LogP contribution in [0.3, 0.4) is 0 Å². The van der Waals surface area contributed by atoms with Gasteiger partial charge in [-0.25, -0.2) is 0 Å². The van der Waals surface area contributed by atoms with Gasteiger partial charge in [-0.05, 0) is 87.2 Å². The molecule has 1 aromatic carbocycles. The Balaban J connectivity index is 1.34. The molecule has 4 nitrogen and oxygen atoms in total. The molecular weight excluding hydrogens is 408 g/mol. The molecule has 4 aliphatic carbocycles. The fourth-order valence-corrected chi connectivity index (χ4v) is 8.52. The summed E-state index contributed by atoms with van der Waals surface area (Å²) in [5.41, 5.74) is 2.42. The zero-order chi connectivity index (χ0) is 22.0. The van der Waals surface area contributed by atoms with Crippen molar-refractivity contribution in [2.24, 2.45) is 28.6 Å². The Morgan fingerprint density at radius 1 is 0.968 bits per heavy atom. The lowest BCUT2D eigenvalue weighted by atomic mass is 9.48. The molecule has 3 saturated carbocycles. The van der Waals surface area contributed by atoms with E-state index in [4.69, 9.17) is 4.18 Å². The quantitative estimate of drug-likeness (QED) is 0.451. The molecule has 0 radical (unpaired) electrons. The maximum atomic E-state index is 12.8. The predicted octanol–water partition coefficient (Wildman–Crippen LogP) is 5.60. The highest BCUT2D eigenvalue weighted by Gasteiger charge is 2.58. The largest absolute Gasteiger partial charge is 0.299 e. The van der Waals surface area contributed by atoms with Crippen molar-refractivity contribution in [3.63, 3.8) is 0 Å². The molecule has 0 saturated heterocycles. The fourth-order valence-electron chi connectivity index (χ4n) is 7.42. The van der Waals surface area contributed by atoms with Crippen LogP contribution in [0.1, 0.15) is 70.8 Å². The molecule has 168 valence electrons. The number of carbonyl (C=O) groups excluding carboxylic acids is 1. The van der Waals surface area contributed by atoms with Gasteiger partial charge in [0.15, 0.2) is 0 Å². The van der Waals surface area contributed by atoms with E-state index < -0.39 is 10.1 Å². The van der Waals surface area contributed by atoms with E-state index in [0.29, 0.717) is 30.0 Å². The lowest BCUT2D eigenvalue weighted by Crippen LogP contribution is -2.50. The molecule has 5 rings (SSSR count). The minimum atomic E-state index is -3.75. The molecule has 31 heavy (non-hydrogen) atoms. The summed E-state index contributed by atoms with van der Waals surface area (Å²) in [6.45, 7) is 6.54. The molecular formula is C26H34O4S. The zero-order valence-electron chi connectivity index (χ0n) is 18.9. The lowest BCUT2D eigenvalue weighted by Gasteiger charge is -2.56. The average molecular weight is 443 g/mol. The van der Waals surface area contributed by atoms with Crippen LogP contribution in [0.5, 0.6) is 0 Å². The molecule has 0 heterocycles. The van der Waals surface area contributed by atoms with E-state index >= 15 is 0 Å². The molecule has 0 spiro atoms. The summed E-state index contributed by atoms with van der Waals surface area (Å²) in [5, 5.41) is 0. The summed E-state index contributed by atoms with van der Waals surface area (Å²) in [6.07, 6.45) is 9.49. The zero-order valence-corrected chi connectivity index (χ0v) is 19.7. The van der Waals surface area contributed by atoms with Gasteiger partial charge in [-0.2, -0.15) is 8.42 Å². The van der Waals surface area contributed by atoms with Crippen LogP contribution < -0.4 is 0 Å². The summed E-state index contributed by atoms with van der Waals surface area (Å²) in [6, 6.07) is 6.87. The first-order valence-corrected chi connectivity index (χ1v) is 13.3. The monoisotopic (exact) mass is 442 g/mol. The van der Waals surface area contributed by atoms with Crippen molar-refractivity contribution < 1.29 is 17.4 Å². The SMILES string of the molecule is Cc1ccc(S(=O)(=O)O[C@H]2CC[C@@]3(C)C(=CC[C@@H]4[C@@H]3CC[C@]3(C)C(=O)CC[C@@H]43)C2)cc1. The van der Waals surface area contributed by atoms with Gasteiger partial charge in [-0.15, -0.1) is 0 Å². The number of allylic oxidation sites excluding steroid dienone is 1. The highest BCUT2D eigenvalue weighted by Crippen LogP contribution is 2.64. The number of rotatable bonds is 3. The average Bonchev–Trinajstić information content (AvgIpc) is 3.03. The van der Waals surface area contributed by atoms with Gasteiger partial charge in [0.2, 0.25) is 0 Å². The van der Waals surface area contributed by atoms with Crippen LogP contribution >= 0.6 is 0 Å². The third kappa shape index (κ3) is 3.34. The van der Waals surface area contributed by atoms with E-state index in [1.54, 1.807) is 12.1 Å². The van der Waals surface area contributed by atoms with Crippen molar-refractivity contribution in [2.75, 3.05) is 0 Å². The van der Waals surface area contributed by atoms with Gasteiger partial charge in [0.1, 0.15) is 5.78 Å². The molecule has 1 aromatic rings. The Morgan fingerprint density at radius 2 is 1.65 bits per heavy atom. The van der Waals surface area contributed by atoms with Crippen molar-refractivity contribution in [1.29, 1.82) is 0 Å². The predicted molar refractivity (Wildman–Crippen MR) is 120 cm³/mol. The molecule has 0 unspecified atom stereocenters. The molecule has 0 aromatic heterocycles. The Morgan fingerprint density at radius 3 is 2.39 bits per heavy atom. The molecule has 0 amide bonds. The van der Waals surface area contributed by atoms with E-state index in [-0.39, 0.29) is 21.8 Å². The second kappa shape index (κ2) is 7.28. The van der Waals surface area contributed by atoms with E-state index in [2.05, 4.69) is 19.9 Å². The number of fused-ring (bicyclic) bond motifs is 5. The van der Waals surface area contributed by atoms with Crippen molar-refractivity contribution in [3.05, 3.63) is 41.5 Å². The number of hydrogen-bond acceptors (Lipinski definition) is 4. The normalized spacial score (nSPS) is 40.0. The van der Waals surface area contributed by atoms with Gasteiger partial charge in [0, 0.05) is 11.8 Å². The molecule has 0 bridgehead atoms. The summed E-state index contributed by atoms with van der Waals surface area (Å²) >= 11 is 0. The standard InChI is InChI=1S/C26H34O4S/c1-17-4-7-20(8-5-17)31(28,29)30-19-12-14-25(2)18(16-19)6-9-21-22-10-11-24(27)26(22,3)15-13-23(21)25/h4-8,19,21-23H,9-16H2,1-3H3/t19-,21-,22-,23-,25-,26-/m0/s1. The van der Waals surface area contributed by atoms with Crippen LogP contribution in [0.15, 0.2) is 40.8 Å². The van der Waals surface area contributed by atoms with Crippen LogP contribution in [0.2, 0.25) is 0 Å². The summed E-state index contributed by atoms with van der Waals surface area (Å²) in [7, 11) is -3.75. The number of ketones is 1. The van der Waals surface area contributed by atoms with Crippen molar-refractivity contribution in [3.8, 4) is 0 Å². The van der Waals surface area contributed by atoms with Crippen molar-refractivity contribution in [2.45, 2.75) is 83.1 Å². The summed E-state index contributed by atoms with van der Waals surface area (Å²) in [4.78, 5) is 12.8. The van der Waals surface area contributed by atoms with Gasteiger partial charge in [-0.1, -0.05) is 43.2 Å². The minimum Gasteiger partial charge on any atom is -0.299 e. The number of aryl methyl sites for hydroxylation is 1. The number of Topliss-reactive ketones (excluding diaryl/α,β-unsaturated/α-hetero) is 1. The third-order valence-electron chi connectivity index (χ3n) is 9.34. The van der Waals surface area contributed by atoms with Gasteiger partial charge >= 0.3 is 0 Å². The third-order valence-corrected chi connectivity index (χ3v) is 10.7. The first-order valence-electron chi connectivity index (χ1n) is 11.9. The molecule has 3 fully saturated rings. The van der Waals surface area contributed by atoms with Crippen LogP contribution in [-0.4, -0.2) is 20.3 Å². The van der Waals surface area contributed by atoms with Crippen molar-refractivity contribution in [1.82, 2.24) is 0 Å². The molecule has 6 atom stereocenters. The molecule has 4 aliphatic rings. The van der Waals surface area contributed by atoms with Gasteiger partial charge < -0.3 is 0 Å². The van der Waals surface area contributed by atoms with Crippen LogP contribution in [0.25, 0.3) is 0 Å². The highest BCUT2D eigenvalue weighted by molar-refractivity contribution is 7.86. The molecule has 5 heteroatoms. The van der Waals surface area contributed by atoms with Gasteiger partial charge in [-0.3, -0.25) is 8.98 Å². The van der Waals surface area contributed by atoms with E-state index in [0.717, 1.165) is 50.5 Å². The Bertz CT molecular complexity index is 1020. The minimum absolute atomic E-state index is 0.106. The Labute approximate surface area is 186 Å². The smallest absolute Gasteiger partial charge is 0.297 e. The summed E-state index contributed by atoms with van der Waals surface area (Å²) < 4.78 is 31.3. The second-order valence-corrected chi connectivity index (χ2v) is 12.5. The van der Waals surface area contributed by atoms with Crippen LogP contribution in [-0.2, 0) is 19.1 Å². The second-order valence-electron chi connectivity index (χ2n) is 10.9. The van der Waals surface area contributed by atoms with Gasteiger partial charge in [0.05, 0.1) is 11.0 Å². The highest BCUT2D eigenvalue weighted by atomic mass is 32.2. The van der Waals surface area contributed by atoms with Crippen molar-refractivity contribution >= 4 is 15.9 Å². The fraction of sp³-hybridized carbons (Fsp3) is 0.654. The summed E-state index contributed by atoms with van der Waals surface area (Å²) in [5.74, 6) is 2.19. The van der Waals surface area contributed by atoms with E-state index in [1.807, 2.05) is 19.1 Å². The van der Waals surface area contributed by atoms with Crippen LogP contribution in [0.4, 0.5) is 0 Å². The molecule has 0 aliphatic heterocycles. The maximum absolute atomic E-state index is 12.8. The van der Waals surface area contributed by atoms with Crippen LogP contribution in [0, 0.1) is 35.5 Å². The number of benzene rings is 1. The Kier molecular flexibility index (Phi) is 5.02. The number of carbonyl (C=O) groups is 1. The Hall–Kier alpha value is -1.46. The number of hydrogen-bond donors (Lipinski definition) is 0. The maximum Gasteiger partial charge on any atom is 0.297 e. The van der Waals surface area contributed by atoms with Gasteiger partial charge in [0.25, 0.3) is 10.1 Å².